The van der Waals surface area contributed by atoms with Crippen molar-refractivity contribution in [3.8, 4) is 0 Å². The highest BCUT2D eigenvalue weighted by Crippen LogP contribution is 2.29. The number of aliphatic imine (C=N–C) groups is 1. The first-order valence-corrected chi connectivity index (χ1v) is 8.86. The molecule has 2 heterocycles. The maximum absolute atomic E-state index is 12.2. The zero-order valence-corrected chi connectivity index (χ0v) is 15.0. The summed E-state index contributed by atoms with van der Waals surface area (Å²) in [6.45, 7) is 1.79. The van der Waals surface area contributed by atoms with Crippen LogP contribution in [0.1, 0.15) is 21.8 Å². The normalized spacial score (nSPS) is 17.0. The minimum absolute atomic E-state index is 0.237. The van der Waals surface area contributed by atoms with Crippen LogP contribution < -0.4 is 11.1 Å². The zero-order valence-electron chi connectivity index (χ0n) is 14.2. The molecule has 3 N–H and O–H groups in total. The van der Waals surface area contributed by atoms with Gasteiger partial charge in [-0.25, -0.2) is 9.98 Å². The van der Waals surface area contributed by atoms with Gasteiger partial charge in [-0.15, -0.1) is 0 Å². The molecule has 4 rings (SSSR count). The predicted octanol–water partition coefficient (Wildman–Crippen LogP) is 3.13. The molecule has 2 aromatic carbocycles. The Labute approximate surface area is 158 Å². The average Bonchev–Trinajstić information content (AvgIpc) is 3.16. The average molecular weight is 378 g/mol. The van der Waals surface area contributed by atoms with Gasteiger partial charge < -0.3 is 15.5 Å². The molecule has 27 heavy (non-hydrogen) atoms. The number of benzene rings is 2. The number of carbonyl (C=O) groups is 2. The fraction of sp³-hybridized carbons (Fsp3) is 0.0526. The molecule has 3 aromatic rings. The van der Waals surface area contributed by atoms with Crippen LogP contribution in [0.2, 0.25) is 0 Å². The SMILES string of the molecule is Cc1nc2ccc(/C=C3/SC(=Nc4cccc(C(N)=O)c4)NC3=O)cc2o1. The second-order valence-corrected chi connectivity index (χ2v) is 6.89. The van der Waals surface area contributed by atoms with Gasteiger partial charge >= 0.3 is 0 Å². The fourth-order valence-electron chi connectivity index (χ4n) is 2.62. The van der Waals surface area contributed by atoms with E-state index in [-0.39, 0.29) is 5.91 Å². The molecule has 8 heteroatoms. The second kappa shape index (κ2) is 6.73. The molecule has 1 fully saturated rings. The first-order valence-electron chi connectivity index (χ1n) is 8.04. The van der Waals surface area contributed by atoms with Gasteiger partial charge in [0, 0.05) is 12.5 Å². The summed E-state index contributed by atoms with van der Waals surface area (Å²) in [4.78, 5) is 32.6. The summed E-state index contributed by atoms with van der Waals surface area (Å²) in [7, 11) is 0. The lowest BCUT2D eigenvalue weighted by Gasteiger charge is -1.99. The van der Waals surface area contributed by atoms with Crippen LogP contribution in [0.3, 0.4) is 0 Å². The Morgan fingerprint density at radius 1 is 1.30 bits per heavy atom. The zero-order chi connectivity index (χ0) is 19.0. The Kier molecular flexibility index (Phi) is 4.25. The standard InChI is InChI=1S/C19H14N4O3S/c1-10-21-14-6-5-11(7-15(14)26-10)8-16-18(25)23-19(27-16)22-13-4-2-3-12(9-13)17(20)24/h2-9H,1H3,(H2,20,24)(H,22,23,25)/b16-8+. The molecule has 1 aliphatic heterocycles. The monoisotopic (exact) mass is 378 g/mol. The van der Waals surface area contributed by atoms with E-state index >= 15 is 0 Å². The largest absolute Gasteiger partial charge is 0.441 e. The summed E-state index contributed by atoms with van der Waals surface area (Å²) >= 11 is 1.22. The van der Waals surface area contributed by atoms with Crippen LogP contribution in [-0.4, -0.2) is 22.0 Å². The van der Waals surface area contributed by atoms with Crippen molar-refractivity contribution >= 4 is 51.6 Å². The van der Waals surface area contributed by atoms with Crippen LogP contribution in [0, 0.1) is 6.92 Å². The number of amides is 2. The number of rotatable bonds is 3. The topological polar surface area (TPSA) is 111 Å². The van der Waals surface area contributed by atoms with Gasteiger partial charge in [-0.1, -0.05) is 12.1 Å². The molecule has 0 aliphatic carbocycles. The third-order valence-corrected chi connectivity index (χ3v) is 4.74. The molecule has 0 atom stereocenters. The smallest absolute Gasteiger partial charge is 0.264 e. The molecule has 0 spiro atoms. The van der Waals surface area contributed by atoms with Gasteiger partial charge in [-0.2, -0.15) is 0 Å². The van der Waals surface area contributed by atoms with Crippen molar-refractivity contribution in [3.63, 3.8) is 0 Å². The lowest BCUT2D eigenvalue weighted by atomic mass is 10.2. The number of nitrogens with zero attached hydrogens (tertiary/aromatic N) is 2. The summed E-state index contributed by atoms with van der Waals surface area (Å²) < 4.78 is 5.52. The van der Waals surface area contributed by atoms with E-state index < -0.39 is 5.91 Å². The van der Waals surface area contributed by atoms with Crippen molar-refractivity contribution in [3.05, 3.63) is 64.4 Å². The summed E-state index contributed by atoms with van der Waals surface area (Å²) in [6.07, 6.45) is 1.76. The highest BCUT2D eigenvalue weighted by atomic mass is 32.2. The molecular formula is C19H14N4O3S. The number of nitrogens with one attached hydrogen (secondary N) is 1. The van der Waals surface area contributed by atoms with Crippen molar-refractivity contribution in [2.24, 2.45) is 10.7 Å². The quantitative estimate of drug-likeness (QED) is 0.680. The number of fused-ring (bicyclic) bond motifs is 1. The number of aromatic nitrogens is 1. The molecule has 2 amide bonds. The molecule has 134 valence electrons. The van der Waals surface area contributed by atoms with Crippen molar-refractivity contribution in [2.75, 3.05) is 0 Å². The number of primary amides is 1. The predicted molar refractivity (Wildman–Crippen MR) is 105 cm³/mol. The molecule has 7 nitrogen and oxygen atoms in total. The Hall–Kier alpha value is -3.39. The summed E-state index contributed by atoms with van der Waals surface area (Å²) in [6, 6.07) is 12.2. The first kappa shape index (κ1) is 17.0. The number of hydrogen-bond acceptors (Lipinski definition) is 6. The van der Waals surface area contributed by atoms with Gasteiger partial charge in [0.2, 0.25) is 5.91 Å². The minimum Gasteiger partial charge on any atom is -0.441 e. The maximum atomic E-state index is 12.2. The number of nitrogens with two attached hydrogens (primary N) is 1. The number of carbonyl (C=O) groups excluding carboxylic acids is 2. The molecular weight excluding hydrogens is 364 g/mol. The molecule has 0 bridgehead atoms. The first-order chi connectivity index (χ1) is 13.0. The van der Waals surface area contributed by atoms with Gasteiger partial charge in [0.15, 0.2) is 16.6 Å². The van der Waals surface area contributed by atoms with E-state index in [1.54, 1.807) is 37.3 Å². The van der Waals surface area contributed by atoms with Gasteiger partial charge in [-0.05, 0) is 53.7 Å². The Bertz CT molecular complexity index is 1150. The number of oxazole rings is 1. The van der Waals surface area contributed by atoms with E-state index in [4.69, 9.17) is 10.2 Å². The second-order valence-electron chi connectivity index (χ2n) is 5.86. The van der Waals surface area contributed by atoms with E-state index in [1.165, 1.54) is 11.8 Å². The van der Waals surface area contributed by atoms with Gasteiger partial charge in [0.25, 0.3) is 5.91 Å². The molecule has 0 unspecified atom stereocenters. The van der Waals surface area contributed by atoms with Crippen LogP contribution in [0.25, 0.3) is 17.2 Å². The molecule has 1 aromatic heterocycles. The van der Waals surface area contributed by atoms with Crippen LogP contribution in [0.5, 0.6) is 0 Å². The lowest BCUT2D eigenvalue weighted by Crippen LogP contribution is -2.19. The van der Waals surface area contributed by atoms with Gasteiger partial charge in [0.05, 0.1) is 10.6 Å². The van der Waals surface area contributed by atoms with Crippen LogP contribution in [-0.2, 0) is 4.79 Å². The van der Waals surface area contributed by atoms with E-state index in [0.717, 1.165) is 11.1 Å². The Balaban J connectivity index is 1.60. The van der Waals surface area contributed by atoms with Crippen LogP contribution in [0.4, 0.5) is 5.69 Å². The summed E-state index contributed by atoms with van der Waals surface area (Å²) in [5.74, 6) is -0.173. The van der Waals surface area contributed by atoms with E-state index in [1.807, 2.05) is 18.2 Å². The highest BCUT2D eigenvalue weighted by Gasteiger charge is 2.24. The fourth-order valence-corrected chi connectivity index (χ4v) is 3.47. The van der Waals surface area contributed by atoms with Crippen molar-refractivity contribution in [1.29, 1.82) is 0 Å². The van der Waals surface area contributed by atoms with E-state index in [9.17, 15) is 9.59 Å². The van der Waals surface area contributed by atoms with E-state index in [0.29, 0.717) is 32.8 Å². The molecule has 1 aliphatic rings. The summed E-state index contributed by atoms with van der Waals surface area (Å²) in [5.41, 5.74) is 8.44. The minimum atomic E-state index is -0.529. The number of hydrogen-bond donors (Lipinski definition) is 2. The molecule has 1 saturated heterocycles. The maximum Gasteiger partial charge on any atom is 0.264 e. The number of aryl methyl sites for hydroxylation is 1. The molecule has 0 radical (unpaired) electrons. The van der Waals surface area contributed by atoms with E-state index in [2.05, 4.69) is 15.3 Å². The lowest BCUT2D eigenvalue weighted by molar-refractivity contribution is -0.115. The Morgan fingerprint density at radius 3 is 2.96 bits per heavy atom. The third kappa shape index (κ3) is 3.61. The third-order valence-electron chi connectivity index (χ3n) is 3.83. The van der Waals surface area contributed by atoms with Crippen molar-refractivity contribution in [2.45, 2.75) is 6.92 Å². The number of thioether (sulfide) groups is 1. The van der Waals surface area contributed by atoms with Crippen molar-refractivity contribution < 1.29 is 14.0 Å². The Morgan fingerprint density at radius 2 is 2.15 bits per heavy atom. The van der Waals surface area contributed by atoms with Crippen LogP contribution >= 0.6 is 11.8 Å². The number of amidine groups is 1. The van der Waals surface area contributed by atoms with Gasteiger partial charge in [-0.3, -0.25) is 9.59 Å². The summed E-state index contributed by atoms with van der Waals surface area (Å²) in [5, 5.41) is 3.15. The van der Waals surface area contributed by atoms with Gasteiger partial charge in [0.1, 0.15) is 5.52 Å². The molecule has 0 saturated carbocycles. The van der Waals surface area contributed by atoms with Crippen molar-refractivity contribution in [1.82, 2.24) is 10.3 Å². The highest BCUT2D eigenvalue weighted by molar-refractivity contribution is 8.18. The van der Waals surface area contributed by atoms with Crippen LogP contribution in [0.15, 0.2) is 56.8 Å².